The summed E-state index contributed by atoms with van der Waals surface area (Å²) in [5, 5.41) is 0. The molecule has 0 fully saturated rings. The van der Waals surface area contributed by atoms with Crippen molar-refractivity contribution in [3.05, 3.63) is 58.0 Å². The molecule has 4 rings (SSSR count). The monoisotopic (exact) mass is 356 g/mol. The Bertz CT molecular complexity index is 1060. The van der Waals surface area contributed by atoms with E-state index in [4.69, 9.17) is 4.74 Å². The summed E-state index contributed by atoms with van der Waals surface area (Å²) in [4.78, 5) is 33.3. The minimum Gasteiger partial charge on any atom is -0.450 e. The number of carbonyl (C=O) groups excluding carboxylic acids is 1. The fourth-order valence-corrected chi connectivity index (χ4v) is 3.21. The molecule has 0 radical (unpaired) electrons. The van der Waals surface area contributed by atoms with Gasteiger partial charge in [-0.1, -0.05) is 12.1 Å². The summed E-state index contributed by atoms with van der Waals surface area (Å²) in [5.41, 5.74) is 2.27. The van der Waals surface area contributed by atoms with Crippen molar-refractivity contribution < 1.29 is 13.9 Å². The van der Waals surface area contributed by atoms with E-state index in [0.29, 0.717) is 36.5 Å². The van der Waals surface area contributed by atoms with Gasteiger partial charge in [-0.25, -0.2) is 19.0 Å². The first kappa shape index (κ1) is 16.3. The van der Waals surface area contributed by atoms with E-state index < -0.39 is 11.9 Å². The van der Waals surface area contributed by atoms with Crippen molar-refractivity contribution in [3.8, 4) is 11.3 Å². The number of halogens is 1. The third-order valence-corrected chi connectivity index (χ3v) is 4.47. The van der Waals surface area contributed by atoms with Gasteiger partial charge in [0.25, 0.3) is 0 Å². The average molecular weight is 356 g/mol. The second kappa shape index (κ2) is 6.29. The van der Waals surface area contributed by atoms with Crippen LogP contribution in [0.2, 0.25) is 0 Å². The Balaban J connectivity index is 1.83. The summed E-state index contributed by atoms with van der Waals surface area (Å²) in [5.74, 6) is -0.408. The van der Waals surface area contributed by atoms with E-state index in [1.165, 1.54) is 16.7 Å². The standard InChI is InChI=1S/C18H17FN4O3/c1-2-26-18(25)22-8-7-14-12(9-22)16-20-15(10-23(16)17(24)21-14)11-5-3-4-6-13(11)19/h3-6,10H,2,7-9H2,1H3,(H,21,24). The normalized spacial score (nSPS) is 13.7. The fourth-order valence-electron chi connectivity index (χ4n) is 3.21. The maximum Gasteiger partial charge on any atom is 0.410 e. The molecule has 7 nitrogen and oxygen atoms in total. The first-order valence-electron chi connectivity index (χ1n) is 8.38. The minimum absolute atomic E-state index is 0.280. The summed E-state index contributed by atoms with van der Waals surface area (Å²) >= 11 is 0. The lowest BCUT2D eigenvalue weighted by molar-refractivity contribution is 0.102. The zero-order valence-electron chi connectivity index (χ0n) is 14.2. The molecule has 1 amide bonds. The molecule has 0 aliphatic carbocycles. The highest BCUT2D eigenvalue weighted by Gasteiger charge is 2.26. The molecule has 3 heterocycles. The van der Waals surface area contributed by atoms with E-state index in [1.54, 1.807) is 30.0 Å². The van der Waals surface area contributed by atoms with Crippen LogP contribution in [0.25, 0.3) is 16.9 Å². The Morgan fingerprint density at radius 3 is 2.96 bits per heavy atom. The van der Waals surface area contributed by atoms with Gasteiger partial charge in [0.2, 0.25) is 0 Å². The number of H-pyrrole nitrogens is 1. The number of nitrogens with zero attached hydrogens (tertiary/aromatic N) is 3. The highest BCUT2D eigenvalue weighted by atomic mass is 19.1. The Morgan fingerprint density at radius 2 is 2.19 bits per heavy atom. The van der Waals surface area contributed by atoms with Crippen LogP contribution in [-0.4, -0.2) is 38.5 Å². The number of ether oxygens (including phenoxy) is 1. The third kappa shape index (κ3) is 2.63. The lowest BCUT2D eigenvalue weighted by atomic mass is 10.1. The molecule has 1 aliphatic rings. The van der Waals surface area contributed by atoms with E-state index in [-0.39, 0.29) is 12.2 Å². The number of hydrogen-bond donors (Lipinski definition) is 1. The molecule has 0 unspecified atom stereocenters. The summed E-state index contributed by atoms with van der Waals surface area (Å²) < 4.78 is 20.5. The summed E-state index contributed by atoms with van der Waals surface area (Å²) in [6.07, 6.45) is 1.61. The number of fused-ring (bicyclic) bond motifs is 3. The number of aromatic nitrogens is 3. The van der Waals surface area contributed by atoms with Crippen LogP contribution in [0.3, 0.4) is 0 Å². The average Bonchev–Trinajstić information content (AvgIpc) is 3.08. The van der Waals surface area contributed by atoms with Crippen LogP contribution in [-0.2, 0) is 17.7 Å². The van der Waals surface area contributed by atoms with E-state index in [1.807, 2.05) is 0 Å². The molecule has 26 heavy (non-hydrogen) atoms. The molecule has 0 atom stereocenters. The van der Waals surface area contributed by atoms with Crippen molar-refractivity contribution >= 4 is 11.7 Å². The number of nitrogens with one attached hydrogen (secondary N) is 1. The third-order valence-electron chi connectivity index (χ3n) is 4.47. The highest BCUT2D eigenvalue weighted by Crippen LogP contribution is 2.25. The van der Waals surface area contributed by atoms with Gasteiger partial charge in [-0.15, -0.1) is 0 Å². The molecule has 134 valence electrons. The SMILES string of the molecule is CCOC(=O)N1CCc2[nH]c(=O)n3cc(-c4ccccc4F)nc3c2C1. The highest BCUT2D eigenvalue weighted by molar-refractivity contribution is 5.70. The van der Waals surface area contributed by atoms with Crippen molar-refractivity contribution in [2.45, 2.75) is 19.9 Å². The second-order valence-electron chi connectivity index (χ2n) is 6.06. The summed E-state index contributed by atoms with van der Waals surface area (Å²) in [6, 6.07) is 6.27. The van der Waals surface area contributed by atoms with Crippen molar-refractivity contribution in [3.63, 3.8) is 0 Å². The van der Waals surface area contributed by atoms with Gasteiger partial charge in [0, 0.05) is 36.0 Å². The van der Waals surface area contributed by atoms with Gasteiger partial charge in [-0.3, -0.25) is 4.40 Å². The first-order chi connectivity index (χ1) is 12.6. The quantitative estimate of drug-likeness (QED) is 0.764. The number of imidazole rings is 1. The van der Waals surface area contributed by atoms with E-state index in [2.05, 4.69) is 9.97 Å². The van der Waals surface area contributed by atoms with Crippen molar-refractivity contribution in [1.82, 2.24) is 19.3 Å². The zero-order valence-corrected chi connectivity index (χ0v) is 14.2. The predicted octanol–water partition coefficient (Wildman–Crippen LogP) is 2.34. The van der Waals surface area contributed by atoms with Gasteiger partial charge in [0.15, 0.2) is 0 Å². The van der Waals surface area contributed by atoms with Crippen LogP contribution < -0.4 is 5.69 Å². The van der Waals surface area contributed by atoms with Crippen LogP contribution in [0.15, 0.2) is 35.3 Å². The number of hydrogen-bond acceptors (Lipinski definition) is 4. The summed E-state index contributed by atoms with van der Waals surface area (Å²) in [6.45, 7) is 2.78. The molecule has 1 aromatic carbocycles. The lowest BCUT2D eigenvalue weighted by Gasteiger charge is -2.27. The Hall–Kier alpha value is -3.16. The number of carbonyl (C=O) groups is 1. The van der Waals surface area contributed by atoms with Crippen LogP contribution in [0.1, 0.15) is 18.2 Å². The van der Waals surface area contributed by atoms with Gasteiger partial charge in [0.05, 0.1) is 18.8 Å². The molecule has 0 saturated carbocycles. The van der Waals surface area contributed by atoms with Gasteiger partial charge >= 0.3 is 11.8 Å². The van der Waals surface area contributed by atoms with Gasteiger partial charge in [-0.2, -0.15) is 0 Å². The molecule has 1 aliphatic heterocycles. The van der Waals surface area contributed by atoms with E-state index in [9.17, 15) is 14.0 Å². The molecular weight excluding hydrogens is 339 g/mol. The van der Waals surface area contributed by atoms with Crippen LogP contribution in [0, 0.1) is 5.82 Å². The number of benzene rings is 1. The van der Waals surface area contributed by atoms with Crippen LogP contribution in [0.4, 0.5) is 9.18 Å². The topological polar surface area (TPSA) is 79.7 Å². The smallest absolute Gasteiger partial charge is 0.410 e. The fraction of sp³-hybridized carbons (Fsp3) is 0.278. The van der Waals surface area contributed by atoms with Crippen molar-refractivity contribution in [2.75, 3.05) is 13.2 Å². The van der Waals surface area contributed by atoms with Crippen LogP contribution >= 0.6 is 0 Å². The lowest BCUT2D eigenvalue weighted by Crippen LogP contribution is -2.38. The van der Waals surface area contributed by atoms with E-state index in [0.717, 1.165) is 11.3 Å². The first-order valence-corrected chi connectivity index (χ1v) is 8.38. The number of amides is 1. The molecule has 0 saturated heterocycles. The molecule has 2 aromatic heterocycles. The molecule has 8 heteroatoms. The summed E-state index contributed by atoms with van der Waals surface area (Å²) in [7, 11) is 0. The Morgan fingerprint density at radius 1 is 1.38 bits per heavy atom. The van der Waals surface area contributed by atoms with Gasteiger partial charge in [0.1, 0.15) is 11.5 Å². The van der Waals surface area contributed by atoms with Crippen molar-refractivity contribution in [1.29, 1.82) is 0 Å². The van der Waals surface area contributed by atoms with Gasteiger partial charge in [-0.05, 0) is 19.1 Å². The molecule has 3 aromatic rings. The van der Waals surface area contributed by atoms with Crippen LogP contribution in [0.5, 0.6) is 0 Å². The minimum atomic E-state index is -0.408. The maximum absolute atomic E-state index is 14.1. The molecule has 1 N–H and O–H groups in total. The predicted molar refractivity (Wildman–Crippen MR) is 92.3 cm³/mol. The number of aromatic amines is 1. The Labute approximate surface area is 148 Å². The largest absolute Gasteiger partial charge is 0.450 e. The number of rotatable bonds is 2. The van der Waals surface area contributed by atoms with Crippen molar-refractivity contribution in [2.24, 2.45) is 0 Å². The molecular formula is C18H17FN4O3. The van der Waals surface area contributed by atoms with E-state index >= 15 is 0 Å². The molecule has 0 spiro atoms. The van der Waals surface area contributed by atoms with Gasteiger partial charge < -0.3 is 14.6 Å². The maximum atomic E-state index is 14.1. The second-order valence-corrected chi connectivity index (χ2v) is 6.06. The molecule has 0 bridgehead atoms. The Kier molecular flexibility index (Phi) is 3.95. The zero-order chi connectivity index (χ0) is 18.3.